The van der Waals surface area contributed by atoms with Crippen molar-refractivity contribution in [2.75, 3.05) is 0 Å². The van der Waals surface area contributed by atoms with Gasteiger partial charge in [-0.3, -0.25) is 0 Å². The van der Waals surface area contributed by atoms with Crippen LogP contribution in [0.25, 0.3) is 22.8 Å². The van der Waals surface area contributed by atoms with Gasteiger partial charge in [-0.1, -0.05) is 60.7 Å². The summed E-state index contributed by atoms with van der Waals surface area (Å²) in [6.45, 7) is 0. The summed E-state index contributed by atoms with van der Waals surface area (Å²) in [4.78, 5) is 23.2. The first-order valence-corrected chi connectivity index (χ1v) is 9.27. The molecule has 2 aromatic carbocycles. The fourth-order valence-electron chi connectivity index (χ4n) is 2.09. The van der Waals surface area contributed by atoms with E-state index in [0.717, 1.165) is 11.1 Å². The second kappa shape index (κ2) is 9.71. The number of halogens is 4. The van der Waals surface area contributed by atoms with E-state index in [9.17, 15) is 0 Å². The standard InChI is InChI=1S/C15H10ClN3.C3Cl3N3/c16-15-18-13(11-7-3-1-4-8-11)17-14(19-15)12-9-5-2-6-10-12;4-1-7-2(5)9-3(6)8-1/h1-10H;. The van der Waals surface area contributed by atoms with E-state index in [-0.39, 0.29) is 21.1 Å². The van der Waals surface area contributed by atoms with E-state index in [1.165, 1.54) is 0 Å². The van der Waals surface area contributed by atoms with Gasteiger partial charge in [0.25, 0.3) is 0 Å². The first-order valence-electron chi connectivity index (χ1n) is 7.76. The second-order valence-electron chi connectivity index (χ2n) is 5.13. The number of rotatable bonds is 2. The Morgan fingerprint density at radius 3 is 1.07 bits per heavy atom. The van der Waals surface area contributed by atoms with Crippen molar-refractivity contribution in [2.45, 2.75) is 0 Å². The molecule has 2 heterocycles. The molecule has 0 aliphatic rings. The smallest absolute Gasteiger partial charge is 0.208 e. The molecule has 0 bridgehead atoms. The number of aromatic nitrogens is 6. The molecule has 0 amide bonds. The van der Waals surface area contributed by atoms with Gasteiger partial charge in [0.15, 0.2) is 11.6 Å². The maximum atomic E-state index is 5.99. The molecule has 0 spiro atoms. The van der Waals surface area contributed by atoms with Crippen molar-refractivity contribution in [2.24, 2.45) is 0 Å². The van der Waals surface area contributed by atoms with Gasteiger partial charge in [0, 0.05) is 11.1 Å². The van der Waals surface area contributed by atoms with E-state index in [2.05, 4.69) is 29.9 Å². The first-order chi connectivity index (χ1) is 13.5. The van der Waals surface area contributed by atoms with Crippen LogP contribution in [0.1, 0.15) is 0 Å². The van der Waals surface area contributed by atoms with Crippen molar-refractivity contribution in [1.82, 2.24) is 29.9 Å². The molecule has 0 fully saturated rings. The van der Waals surface area contributed by atoms with Crippen molar-refractivity contribution < 1.29 is 0 Å². The molecule has 0 saturated carbocycles. The van der Waals surface area contributed by atoms with E-state index < -0.39 is 0 Å². The van der Waals surface area contributed by atoms with Gasteiger partial charge in [0.1, 0.15) is 0 Å². The SMILES string of the molecule is Clc1nc(-c2ccccc2)nc(-c2ccccc2)n1.Clc1nc(Cl)nc(Cl)n1. The second-order valence-corrected chi connectivity index (χ2v) is 6.48. The zero-order chi connectivity index (χ0) is 19.9. The number of hydrogen-bond donors (Lipinski definition) is 0. The molecule has 0 radical (unpaired) electrons. The first kappa shape index (κ1) is 20.4. The Balaban J connectivity index is 0.000000211. The van der Waals surface area contributed by atoms with Crippen LogP contribution in [0.4, 0.5) is 0 Å². The summed E-state index contributed by atoms with van der Waals surface area (Å²) in [7, 11) is 0. The molecule has 0 atom stereocenters. The molecular formula is C18H10Cl4N6. The molecule has 0 saturated heterocycles. The minimum atomic E-state index is 0.000000000000000444. The Morgan fingerprint density at radius 1 is 0.393 bits per heavy atom. The Kier molecular flexibility index (Phi) is 7.06. The van der Waals surface area contributed by atoms with Crippen LogP contribution < -0.4 is 0 Å². The summed E-state index contributed by atoms with van der Waals surface area (Å²) in [5.41, 5.74) is 1.84. The van der Waals surface area contributed by atoms with Gasteiger partial charge in [-0.15, -0.1) is 0 Å². The maximum Gasteiger partial charge on any atom is 0.227 e. The zero-order valence-corrected chi connectivity index (χ0v) is 17.0. The monoisotopic (exact) mass is 450 g/mol. The molecule has 0 unspecified atom stereocenters. The van der Waals surface area contributed by atoms with E-state index >= 15 is 0 Å². The number of nitrogens with zero attached hydrogens (tertiary/aromatic N) is 6. The zero-order valence-electron chi connectivity index (χ0n) is 14.0. The van der Waals surface area contributed by atoms with Crippen LogP contribution in [0.5, 0.6) is 0 Å². The lowest BCUT2D eigenvalue weighted by molar-refractivity contribution is 1.05. The summed E-state index contributed by atoms with van der Waals surface area (Å²) in [5.74, 6) is 1.17. The maximum absolute atomic E-state index is 5.99. The largest absolute Gasteiger partial charge is 0.227 e. The Bertz CT molecular complexity index is 956. The normalized spacial score (nSPS) is 10.1. The van der Waals surface area contributed by atoms with Crippen molar-refractivity contribution in [3.8, 4) is 22.8 Å². The summed E-state index contributed by atoms with van der Waals surface area (Å²) in [5, 5.41) is 0.202. The number of benzene rings is 2. The molecule has 0 aliphatic heterocycles. The molecule has 140 valence electrons. The van der Waals surface area contributed by atoms with Gasteiger partial charge in [-0.2, -0.15) is 24.9 Å². The summed E-state index contributed by atoms with van der Waals surface area (Å²) < 4.78 is 0. The van der Waals surface area contributed by atoms with E-state index in [1.54, 1.807) is 0 Å². The van der Waals surface area contributed by atoms with Crippen LogP contribution in [0.2, 0.25) is 21.1 Å². The molecule has 28 heavy (non-hydrogen) atoms. The highest BCUT2D eigenvalue weighted by Gasteiger charge is 2.08. The van der Waals surface area contributed by atoms with Gasteiger partial charge >= 0.3 is 0 Å². The van der Waals surface area contributed by atoms with Crippen LogP contribution in [0, 0.1) is 0 Å². The van der Waals surface area contributed by atoms with Crippen molar-refractivity contribution in [3.05, 3.63) is 81.8 Å². The third kappa shape index (κ3) is 5.81. The fourth-order valence-corrected chi connectivity index (χ4v) is 2.86. The average molecular weight is 452 g/mol. The molecule has 4 aromatic rings. The number of hydrogen-bond acceptors (Lipinski definition) is 6. The highest BCUT2D eigenvalue weighted by atomic mass is 35.5. The molecule has 2 aromatic heterocycles. The van der Waals surface area contributed by atoms with Crippen LogP contribution >= 0.6 is 46.4 Å². The fraction of sp³-hybridized carbons (Fsp3) is 0. The summed E-state index contributed by atoms with van der Waals surface area (Å²) in [6.07, 6.45) is 0. The van der Waals surface area contributed by atoms with Crippen molar-refractivity contribution >= 4 is 46.4 Å². The van der Waals surface area contributed by atoms with Crippen LogP contribution in [0.3, 0.4) is 0 Å². The highest BCUT2D eigenvalue weighted by molar-refractivity contribution is 6.33. The topological polar surface area (TPSA) is 77.3 Å². The Morgan fingerprint density at radius 2 is 0.714 bits per heavy atom. The Hall–Kier alpha value is -2.38. The average Bonchev–Trinajstić information content (AvgIpc) is 2.68. The van der Waals surface area contributed by atoms with E-state index in [0.29, 0.717) is 11.6 Å². The third-order valence-electron chi connectivity index (χ3n) is 3.23. The molecule has 4 rings (SSSR count). The molecule has 0 N–H and O–H groups in total. The van der Waals surface area contributed by atoms with E-state index in [4.69, 9.17) is 46.4 Å². The molecular weight excluding hydrogens is 442 g/mol. The van der Waals surface area contributed by atoms with E-state index in [1.807, 2.05) is 60.7 Å². The highest BCUT2D eigenvalue weighted by Crippen LogP contribution is 2.21. The van der Waals surface area contributed by atoms with Gasteiger partial charge in [-0.05, 0) is 46.4 Å². The van der Waals surface area contributed by atoms with Crippen LogP contribution in [-0.4, -0.2) is 29.9 Å². The minimum absolute atomic E-state index is 0.000000000000000444. The van der Waals surface area contributed by atoms with Crippen molar-refractivity contribution in [1.29, 1.82) is 0 Å². The van der Waals surface area contributed by atoms with Gasteiger partial charge in [-0.25, -0.2) is 4.98 Å². The molecule has 6 nitrogen and oxygen atoms in total. The van der Waals surface area contributed by atoms with Crippen LogP contribution in [0.15, 0.2) is 60.7 Å². The van der Waals surface area contributed by atoms with Crippen LogP contribution in [-0.2, 0) is 0 Å². The molecule has 10 heteroatoms. The van der Waals surface area contributed by atoms with Crippen molar-refractivity contribution in [3.63, 3.8) is 0 Å². The van der Waals surface area contributed by atoms with Gasteiger partial charge < -0.3 is 0 Å². The lowest BCUT2D eigenvalue weighted by Gasteiger charge is -2.04. The third-order valence-corrected chi connectivity index (χ3v) is 3.90. The quantitative estimate of drug-likeness (QED) is 0.389. The lowest BCUT2D eigenvalue weighted by atomic mass is 10.2. The predicted molar refractivity (Wildman–Crippen MR) is 111 cm³/mol. The predicted octanol–water partition coefficient (Wildman–Crippen LogP) is 5.69. The minimum Gasteiger partial charge on any atom is -0.208 e. The Labute approximate surface area is 180 Å². The lowest BCUT2D eigenvalue weighted by Crippen LogP contribution is -1.96. The summed E-state index contributed by atoms with van der Waals surface area (Å²) >= 11 is 21.9. The summed E-state index contributed by atoms with van der Waals surface area (Å²) in [6, 6.07) is 19.4. The van der Waals surface area contributed by atoms with Gasteiger partial charge in [0.2, 0.25) is 21.1 Å². The van der Waals surface area contributed by atoms with Gasteiger partial charge in [0.05, 0.1) is 0 Å². The molecule has 0 aliphatic carbocycles.